The molecule has 0 radical (unpaired) electrons. The fourth-order valence-electron chi connectivity index (χ4n) is 2.06. The molecule has 0 bridgehead atoms. The molecule has 1 heterocycles. The van der Waals surface area contributed by atoms with Crippen molar-refractivity contribution >= 4 is 6.09 Å². The number of methoxy groups -OCH3 is 1. The van der Waals surface area contributed by atoms with Gasteiger partial charge in [-0.3, -0.25) is 0 Å². The van der Waals surface area contributed by atoms with Gasteiger partial charge in [-0.25, -0.2) is 9.78 Å². The molecule has 0 aliphatic heterocycles. The Hall–Kier alpha value is -1.82. The highest BCUT2D eigenvalue weighted by Gasteiger charge is 2.20. The minimum atomic E-state index is -0.467. The number of pyridine rings is 1. The van der Waals surface area contributed by atoms with Crippen LogP contribution in [-0.4, -0.2) is 48.8 Å². The number of hydrogen-bond acceptors (Lipinski definition) is 5. The van der Waals surface area contributed by atoms with Gasteiger partial charge in [0.15, 0.2) is 0 Å². The van der Waals surface area contributed by atoms with Crippen molar-refractivity contribution < 1.29 is 14.3 Å². The van der Waals surface area contributed by atoms with E-state index in [-0.39, 0.29) is 6.09 Å². The van der Waals surface area contributed by atoms with Crippen LogP contribution >= 0.6 is 0 Å². The van der Waals surface area contributed by atoms with E-state index in [1.165, 1.54) is 0 Å². The summed E-state index contributed by atoms with van der Waals surface area (Å²) >= 11 is 0. The predicted octanol–water partition coefficient (Wildman–Crippen LogP) is 2.68. The Labute approximate surface area is 139 Å². The minimum absolute atomic E-state index is 0.293. The van der Waals surface area contributed by atoms with Crippen LogP contribution in [0.2, 0.25) is 0 Å². The molecule has 6 nitrogen and oxygen atoms in total. The van der Waals surface area contributed by atoms with Crippen molar-refractivity contribution in [3.8, 4) is 5.88 Å². The van der Waals surface area contributed by atoms with Crippen LogP contribution in [0.1, 0.15) is 33.4 Å². The quantitative estimate of drug-likeness (QED) is 0.836. The van der Waals surface area contributed by atoms with Gasteiger partial charge in [-0.1, -0.05) is 13.0 Å². The summed E-state index contributed by atoms with van der Waals surface area (Å²) in [6.07, 6.45) is -0.293. The number of hydrogen-bond donors (Lipinski definition) is 1. The lowest BCUT2D eigenvalue weighted by Crippen LogP contribution is -2.38. The first-order valence-corrected chi connectivity index (χ1v) is 7.86. The van der Waals surface area contributed by atoms with E-state index in [4.69, 9.17) is 9.47 Å². The minimum Gasteiger partial charge on any atom is -0.481 e. The summed E-state index contributed by atoms with van der Waals surface area (Å²) in [5.41, 5.74) is 0.460. The van der Waals surface area contributed by atoms with E-state index in [0.717, 1.165) is 12.2 Å². The summed E-state index contributed by atoms with van der Waals surface area (Å²) in [6, 6.07) is 5.69. The van der Waals surface area contributed by atoms with Crippen LogP contribution in [0.15, 0.2) is 18.2 Å². The molecule has 0 aliphatic carbocycles. The number of nitrogens with one attached hydrogen (secondary N) is 1. The number of carbonyl (C=O) groups is 1. The highest BCUT2D eigenvalue weighted by atomic mass is 16.6. The molecule has 0 saturated carbocycles. The van der Waals surface area contributed by atoms with Crippen LogP contribution in [0, 0.1) is 5.92 Å². The van der Waals surface area contributed by atoms with E-state index in [9.17, 15) is 4.79 Å². The topological polar surface area (TPSA) is 63.7 Å². The van der Waals surface area contributed by atoms with Crippen molar-refractivity contribution in [2.75, 3.05) is 27.2 Å². The number of amides is 1. The first kappa shape index (κ1) is 19.2. The van der Waals surface area contributed by atoms with Crippen molar-refractivity contribution in [1.82, 2.24) is 15.2 Å². The first-order chi connectivity index (χ1) is 10.7. The molecule has 1 aromatic heterocycles. The zero-order chi connectivity index (χ0) is 17.5. The van der Waals surface area contributed by atoms with Gasteiger partial charge in [0.25, 0.3) is 0 Å². The van der Waals surface area contributed by atoms with E-state index in [1.807, 2.05) is 39.0 Å². The van der Waals surface area contributed by atoms with Crippen molar-refractivity contribution in [3.63, 3.8) is 0 Å². The third kappa shape index (κ3) is 7.83. The maximum atomic E-state index is 11.9. The van der Waals surface area contributed by atoms with Gasteiger partial charge in [0.05, 0.1) is 12.8 Å². The lowest BCUT2D eigenvalue weighted by atomic mass is 10.1. The average molecular weight is 323 g/mol. The molecule has 23 heavy (non-hydrogen) atoms. The normalized spacial score (nSPS) is 12.6. The second-order valence-corrected chi connectivity index (χ2v) is 6.77. The molecule has 130 valence electrons. The molecule has 1 aromatic rings. The molecule has 0 aliphatic rings. The van der Waals surface area contributed by atoms with Crippen LogP contribution in [0.3, 0.4) is 0 Å². The smallest absolute Gasteiger partial charge is 0.410 e. The van der Waals surface area contributed by atoms with Gasteiger partial charge in [-0.05, 0) is 39.3 Å². The molecule has 1 rings (SSSR count). The predicted molar refractivity (Wildman–Crippen MR) is 90.5 cm³/mol. The summed E-state index contributed by atoms with van der Waals surface area (Å²) < 4.78 is 10.4. The van der Waals surface area contributed by atoms with E-state index in [2.05, 4.69) is 17.2 Å². The summed E-state index contributed by atoms with van der Waals surface area (Å²) in [6.45, 7) is 9.77. The number of carbonyl (C=O) groups excluding carboxylic acids is 1. The van der Waals surface area contributed by atoms with Crippen molar-refractivity contribution in [2.45, 2.75) is 39.8 Å². The second kappa shape index (κ2) is 8.72. The van der Waals surface area contributed by atoms with Gasteiger partial charge in [-0.2, -0.15) is 0 Å². The molecular weight excluding hydrogens is 294 g/mol. The lowest BCUT2D eigenvalue weighted by Gasteiger charge is -2.26. The fourth-order valence-corrected chi connectivity index (χ4v) is 2.06. The Morgan fingerprint density at radius 2 is 2.09 bits per heavy atom. The van der Waals surface area contributed by atoms with Gasteiger partial charge >= 0.3 is 6.09 Å². The molecule has 1 N–H and O–H groups in total. The van der Waals surface area contributed by atoms with Crippen LogP contribution < -0.4 is 10.1 Å². The standard InChI is InChI=1S/C17H29N3O3/c1-13(12-20(5)16(21)23-17(2,3)4)10-18-11-14-8-7-9-15(19-14)22-6/h7-9,13,18H,10-12H2,1-6H3. The van der Waals surface area contributed by atoms with Gasteiger partial charge in [0.1, 0.15) is 5.60 Å². The van der Waals surface area contributed by atoms with Crippen LogP contribution in [0.5, 0.6) is 5.88 Å². The zero-order valence-electron chi connectivity index (χ0n) is 15.0. The van der Waals surface area contributed by atoms with Gasteiger partial charge in [0.2, 0.25) is 5.88 Å². The molecule has 0 spiro atoms. The van der Waals surface area contributed by atoms with Gasteiger partial charge in [-0.15, -0.1) is 0 Å². The van der Waals surface area contributed by atoms with E-state index >= 15 is 0 Å². The number of ether oxygens (including phenoxy) is 2. The second-order valence-electron chi connectivity index (χ2n) is 6.77. The summed E-state index contributed by atoms with van der Waals surface area (Å²) in [5, 5.41) is 3.35. The Kier molecular flexibility index (Phi) is 7.29. The summed E-state index contributed by atoms with van der Waals surface area (Å²) in [4.78, 5) is 17.9. The molecule has 1 unspecified atom stereocenters. The zero-order valence-corrected chi connectivity index (χ0v) is 15.0. The first-order valence-electron chi connectivity index (χ1n) is 7.86. The third-order valence-electron chi connectivity index (χ3n) is 3.08. The average Bonchev–Trinajstić information content (AvgIpc) is 2.45. The molecule has 0 fully saturated rings. The molecule has 0 saturated heterocycles. The Bertz CT molecular complexity index is 500. The van der Waals surface area contributed by atoms with Crippen LogP contribution in [0.25, 0.3) is 0 Å². The SMILES string of the molecule is COc1cccc(CNCC(C)CN(C)C(=O)OC(C)(C)C)n1. The van der Waals surface area contributed by atoms with E-state index in [1.54, 1.807) is 19.1 Å². The fraction of sp³-hybridized carbons (Fsp3) is 0.647. The maximum Gasteiger partial charge on any atom is 0.410 e. The number of nitrogens with zero attached hydrogens (tertiary/aromatic N) is 2. The van der Waals surface area contributed by atoms with Crippen molar-refractivity contribution in [3.05, 3.63) is 23.9 Å². The number of aromatic nitrogens is 1. The molecule has 1 atom stereocenters. The molecular formula is C17H29N3O3. The summed E-state index contributed by atoms with van der Waals surface area (Å²) in [5.74, 6) is 0.917. The van der Waals surface area contributed by atoms with E-state index < -0.39 is 5.60 Å². The molecule has 0 aromatic carbocycles. The molecule has 6 heteroatoms. The monoisotopic (exact) mass is 323 g/mol. The van der Waals surface area contributed by atoms with E-state index in [0.29, 0.717) is 24.9 Å². The third-order valence-corrected chi connectivity index (χ3v) is 3.08. The van der Waals surface area contributed by atoms with Crippen molar-refractivity contribution in [1.29, 1.82) is 0 Å². The van der Waals surface area contributed by atoms with Crippen LogP contribution in [-0.2, 0) is 11.3 Å². The Balaban J connectivity index is 2.33. The highest BCUT2D eigenvalue weighted by Crippen LogP contribution is 2.10. The van der Waals surface area contributed by atoms with Gasteiger partial charge < -0.3 is 19.7 Å². The Morgan fingerprint density at radius 1 is 1.39 bits per heavy atom. The molecule has 1 amide bonds. The van der Waals surface area contributed by atoms with Gasteiger partial charge in [0, 0.05) is 26.2 Å². The van der Waals surface area contributed by atoms with Crippen LogP contribution in [0.4, 0.5) is 4.79 Å². The lowest BCUT2D eigenvalue weighted by molar-refractivity contribution is 0.0277. The Morgan fingerprint density at radius 3 is 2.70 bits per heavy atom. The highest BCUT2D eigenvalue weighted by molar-refractivity contribution is 5.67. The number of rotatable bonds is 7. The van der Waals surface area contributed by atoms with Crippen molar-refractivity contribution in [2.24, 2.45) is 5.92 Å². The maximum absolute atomic E-state index is 11.9. The summed E-state index contributed by atoms with van der Waals surface area (Å²) in [7, 11) is 3.36. The largest absolute Gasteiger partial charge is 0.481 e.